The monoisotopic (exact) mass is 231 g/mol. The van der Waals surface area contributed by atoms with Crippen LogP contribution in [0.2, 0.25) is 0 Å². The van der Waals surface area contributed by atoms with Gasteiger partial charge in [-0.2, -0.15) is 13.2 Å². The van der Waals surface area contributed by atoms with Gasteiger partial charge in [0.2, 0.25) is 0 Å². The van der Waals surface area contributed by atoms with E-state index in [2.05, 4.69) is 5.32 Å². The maximum absolute atomic E-state index is 12.4. The SMILES string of the molecule is O=C(O)C1CNc2ccc(C(F)(F)F)cc21. The number of rotatable bonds is 1. The van der Waals surface area contributed by atoms with Gasteiger partial charge in [-0.3, -0.25) is 4.79 Å². The van der Waals surface area contributed by atoms with Crippen LogP contribution >= 0.6 is 0 Å². The molecule has 2 rings (SSSR count). The lowest BCUT2D eigenvalue weighted by Crippen LogP contribution is -2.13. The molecule has 0 spiro atoms. The van der Waals surface area contributed by atoms with Crippen molar-refractivity contribution < 1.29 is 23.1 Å². The molecule has 0 saturated carbocycles. The van der Waals surface area contributed by atoms with E-state index in [1.165, 1.54) is 6.07 Å². The lowest BCUT2D eigenvalue weighted by Gasteiger charge is -2.09. The third-order valence-corrected chi connectivity index (χ3v) is 2.55. The number of alkyl halides is 3. The molecule has 1 heterocycles. The summed E-state index contributed by atoms with van der Waals surface area (Å²) in [5.74, 6) is -2.03. The Labute approximate surface area is 88.9 Å². The first-order valence-electron chi connectivity index (χ1n) is 4.57. The van der Waals surface area contributed by atoms with Gasteiger partial charge in [0.05, 0.1) is 5.56 Å². The number of carboxylic acids is 1. The zero-order valence-electron chi connectivity index (χ0n) is 8.01. The second-order valence-corrected chi connectivity index (χ2v) is 3.57. The third kappa shape index (κ3) is 1.70. The van der Waals surface area contributed by atoms with Crippen molar-refractivity contribution in [1.82, 2.24) is 0 Å². The van der Waals surface area contributed by atoms with E-state index >= 15 is 0 Å². The first-order valence-corrected chi connectivity index (χ1v) is 4.57. The number of benzene rings is 1. The highest BCUT2D eigenvalue weighted by atomic mass is 19.4. The van der Waals surface area contributed by atoms with Gasteiger partial charge in [0, 0.05) is 12.2 Å². The van der Waals surface area contributed by atoms with E-state index < -0.39 is 23.6 Å². The van der Waals surface area contributed by atoms with Crippen LogP contribution in [0, 0.1) is 0 Å². The van der Waals surface area contributed by atoms with E-state index in [1.807, 2.05) is 0 Å². The van der Waals surface area contributed by atoms with Crippen LogP contribution in [0.3, 0.4) is 0 Å². The normalized spacial score (nSPS) is 19.1. The fourth-order valence-electron chi connectivity index (χ4n) is 1.73. The first-order chi connectivity index (χ1) is 7.39. The maximum atomic E-state index is 12.4. The van der Waals surface area contributed by atoms with Crippen molar-refractivity contribution in [3.05, 3.63) is 29.3 Å². The van der Waals surface area contributed by atoms with Gasteiger partial charge < -0.3 is 10.4 Å². The second kappa shape index (κ2) is 3.40. The fourth-order valence-corrected chi connectivity index (χ4v) is 1.73. The van der Waals surface area contributed by atoms with Gasteiger partial charge in [0.25, 0.3) is 0 Å². The highest BCUT2D eigenvalue weighted by Gasteiger charge is 2.34. The summed E-state index contributed by atoms with van der Waals surface area (Å²) in [6, 6.07) is 3.10. The average Bonchev–Trinajstić information content (AvgIpc) is 2.58. The number of anilines is 1. The van der Waals surface area contributed by atoms with Crippen LogP contribution in [-0.2, 0) is 11.0 Å². The van der Waals surface area contributed by atoms with Crippen molar-refractivity contribution >= 4 is 11.7 Å². The molecular formula is C10H8F3NO2. The number of fused-ring (bicyclic) bond motifs is 1. The van der Waals surface area contributed by atoms with Crippen LogP contribution in [0.4, 0.5) is 18.9 Å². The summed E-state index contributed by atoms with van der Waals surface area (Å²) in [7, 11) is 0. The molecule has 86 valence electrons. The molecule has 1 atom stereocenters. The summed E-state index contributed by atoms with van der Waals surface area (Å²) < 4.78 is 37.3. The fraction of sp³-hybridized carbons (Fsp3) is 0.300. The predicted octanol–water partition coefficient (Wildman–Crippen LogP) is 2.30. The van der Waals surface area contributed by atoms with Gasteiger partial charge in [-0.15, -0.1) is 0 Å². The van der Waals surface area contributed by atoms with E-state index in [-0.39, 0.29) is 12.1 Å². The van der Waals surface area contributed by atoms with Crippen LogP contribution in [0.25, 0.3) is 0 Å². The highest BCUT2D eigenvalue weighted by Crippen LogP contribution is 2.37. The van der Waals surface area contributed by atoms with Gasteiger partial charge in [0.15, 0.2) is 0 Å². The van der Waals surface area contributed by atoms with Crippen molar-refractivity contribution in [3.8, 4) is 0 Å². The Bertz CT molecular complexity index is 442. The standard InChI is InChI=1S/C10H8F3NO2/c11-10(12,13)5-1-2-8-6(3-5)7(4-14-8)9(15)16/h1-3,7,14H,4H2,(H,15,16). The van der Waals surface area contributed by atoms with Gasteiger partial charge in [-0.25, -0.2) is 0 Å². The number of hydrogen-bond acceptors (Lipinski definition) is 2. The average molecular weight is 231 g/mol. The number of aliphatic carboxylic acids is 1. The predicted molar refractivity (Wildman–Crippen MR) is 50.3 cm³/mol. The minimum atomic E-state index is -4.44. The molecule has 1 aromatic rings. The summed E-state index contributed by atoms with van der Waals surface area (Å²) in [6.07, 6.45) is -4.44. The number of nitrogens with one attached hydrogen (secondary N) is 1. The molecule has 16 heavy (non-hydrogen) atoms. The van der Waals surface area contributed by atoms with Gasteiger partial charge in [-0.1, -0.05) is 0 Å². The molecule has 0 radical (unpaired) electrons. The third-order valence-electron chi connectivity index (χ3n) is 2.55. The summed E-state index contributed by atoms with van der Waals surface area (Å²) in [5.41, 5.74) is -0.163. The molecule has 1 aliphatic rings. The van der Waals surface area contributed by atoms with E-state index in [9.17, 15) is 18.0 Å². The molecule has 0 aromatic heterocycles. The molecule has 0 fully saturated rings. The molecule has 1 aromatic carbocycles. The Morgan fingerprint density at radius 2 is 2.12 bits per heavy atom. The van der Waals surface area contributed by atoms with Crippen LogP contribution in [-0.4, -0.2) is 17.6 Å². The van der Waals surface area contributed by atoms with Gasteiger partial charge in [-0.05, 0) is 23.8 Å². The van der Waals surface area contributed by atoms with Crippen molar-refractivity contribution in [3.63, 3.8) is 0 Å². The van der Waals surface area contributed by atoms with Gasteiger partial charge in [0.1, 0.15) is 5.92 Å². The highest BCUT2D eigenvalue weighted by molar-refractivity contribution is 5.82. The Morgan fingerprint density at radius 1 is 1.44 bits per heavy atom. The molecule has 1 aliphatic heterocycles. The molecule has 3 nitrogen and oxygen atoms in total. The van der Waals surface area contributed by atoms with Crippen molar-refractivity contribution in [2.45, 2.75) is 12.1 Å². The van der Waals surface area contributed by atoms with Crippen molar-refractivity contribution in [2.75, 3.05) is 11.9 Å². The summed E-state index contributed by atoms with van der Waals surface area (Å²) in [6.45, 7) is 0.131. The molecule has 2 N–H and O–H groups in total. The largest absolute Gasteiger partial charge is 0.481 e. The van der Waals surface area contributed by atoms with Crippen LogP contribution in [0.15, 0.2) is 18.2 Å². The first kappa shape index (κ1) is 10.8. The van der Waals surface area contributed by atoms with E-state index in [4.69, 9.17) is 5.11 Å². The Balaban J connectivity index is 2.45. The summed E-state index contributed by atoms with van der Waals surface area (Å²) in [5, 5.41) is 11.6. The number of carboxylic acid groups (broad SMARTS) is 1. The second-order valence-electron chi connectivity index (χ2n) is 3.57. The summed E-state index contributed by atoms with van der Waals surface area (Å²) >= 11 is 0. The Kier molecular flexibility index (Phi) is 2.29. The van der Waals surface area contributed by atoms with Gasteiger partial charge >= 0.3 is 12.1 Å². The minimum Gasteiger partial charge on any atom is -0.481 e. The minimum absolute atomic E-state index is 0.131. The topological polar surface area (TPSA) is 49.3 Å². The zero-order valence-corrected chi connectivity index (χ0v) is 8.01. The van der Waals surface area contributed by atoms with E-state index in [0.717, 1.165) is 12.1 Å². The molecule has 0 saturated heterocycles. The molecule has 1 unspecified atom stereocenters. The number of halogens is 3. The molecular weight excluding hydrogens is 223 g/mol. The molecule has 0 aliphatic carbocycles. The van der Waals surface area contributed by atoms with E-state index in [0.29, 0.717) is 5.69 Å². The Hall–Kier alpha value is -1.72. The molecule has 0 bridgehead atoms. The van der Waals surface area contributed by atoms with Crippen LogP contribution in [0.5, 0.6) is 0 Å². The summed E-state index contributed by atoms with van der Waals surface area (Å²) in [4.78, 5) is 10.8. The Morgan fingerprint density at radius 3 is 2.69 bits per heavy atom. The smallest absolute Gasteiger partial charge is 0.416 e. The number of hydrogen-bond donors (Lipinski definition) is 2. The van der Waals surface area contributed by atoms with Crippen LogP contribution in [0.1, 0.15) is 17.0 Å². The molecule has 0 amide bonds. The van der Waals surface area contributed by atoms with Crippen molar-refractivity contribution in [2.24, 2.45) is 0 Å². The molecule has 6 heteroatoms. The maximum Gasteiger partial charge on any atom is 0.416 e. The lowest BCUT2D eigenvalue weighted by molar-refractivity contribution is -0.139. The van der Waals surface area contributed by atoms with Crippen molar-refractivity contribution in [1.29, 1.82) is 0 Å². The quantitative estimate of drug-likeness (QED) is 0.779. The van der Waals surface area contributed by atoms with Crippen LogP contribution < -0.4 is 5.32 Å². The van der Waals surface area contributed by atoms with E-state index in [1.54, 1.807) is 0 Å². The zero-order chi connectivity index (χ0) is 11.9. The lowest BCUT2D eigenvalue weighted by atomic mass is 9.99. The number of carbonyl (C=O) groups is 1.